The number of halogens is 2. The molecule has 0 aliphatic rings. The molecule has 0 saturated heterocycles. The molecule has 0 saturated carbocycles. The molecule has 178 valence electrons. The molecule has 0 radical (unpaired) electrons. The largest absolute Gasteiger partial charge is 0.478 e. The van der Waals surface area contributed by atoms with Crippen LogP contribution in [0.2, 0.25) is 0 Å². The zero-order valence-electron chi connectivity index (χ0n) is 18.4. The van der Waals surface area contributed by atoms with Crippen molar-refractivity contribution in [2.75, 3.05) is 6.54 Å². The molecule has 0 aliphatic carbocycles. The summed E-state index contributed by atoms with van der Waals surface area (Å²) in [5, 5.41) is 9.58. The standard InChI is InChI=1S/C22H25FN4O4S.ClH/c1-22(2,3)26-32(30,31)17-6-4-5-14(9-17)18-10-15(21(28)29)11-19-20(18)25-13-27(19)12-16(23)7-8-24;/h4-7,9-11,13,26H,8,12,24H2,1-3H3,(H,28,29);1H. The highest BCUT2D eigenvalue weighted by molar-refractivity contribution is 7.89. The van der Waals surface area contributed by atoms with E-state index in [-0.39, 0.29) is 36.0 Å². The van der Waals surface area contributed by atoms with Gasteiger partial charge in [0.15, 0.2) is 0 Å². The minimum atomic E-state index is -3.81. The van der Waals surface area contributed by atoms with Crippen LogP contribution in [0.4, 0.5) is 4.39 Å². The Morgan fingerprint density at radius 3 is 2.58 bits per heavy atom. The Morgan fingerprint density at radius 2 is 1.97 bits per heavy atom. The summed E-state index contributed by atoms with van der Waals surface area (Å²) < 4.78 is 43.7. The van der Waals surface area contributed by atoms with E-state index in [0.29, 0.717) is 22.2 Å². The molecule has 0 atom stereocenters. The Hall–Kier alpha value is -2.79. The van der Waals surface area contributed by atoms with Gasteiger partial charge in [-0.05, 0) is 56.7 Å². The maximum atomic E-state index is 14.0. The Morgan fingerprint density at radius 1 is 1.27 bits per heavy atom. The van der Waals surface area contributed by atoms with Crippen molar-refractivity contribution in [1.82, 2.24) is 14.3 Å². The Balaban J connectivity index is 0.00000385. The first-order chi connectivity index (χ1) is 14.9. The summed E-state index contributed by atoms with van der Waals surface area (Å²) in [6, 6.07) is 9.00. The van der Waals surface area contributed by atoms with Gasteiger partial charge in [0.1, 0.15) is 5.83 Å². The molecule has 0 fully saturated rings. The summed E-state index contributed by atoms with van der Waals surface area (Å²) in [6.45, 7) is 5.09. The van der Waals surface area contributed by atoms with E-state index in [2.05, 4.69) is 9.71 Å². The van der Waals surface area contributed by atoms with Gasteiger partial charge < -0.3 is 15.4 Å². The van der Waals surface area contributed by atoms with E-state index in [1.54, 1.807) is 32.9 Å². The van der Waals surface area contributed by atoms with Gasteiger partial charge in [0.2, 0.25) is 10.0 Å². The number of aromatic nitrogens is 2. The van der Waals surface area contributed by atoms with Crippen LogP contribution in [-0.2, 0) is 16.6 Å². The van der Waals surface area contributed by atoms with Gasteiger partial charge in [-0.15, -0.1) is 12.4 Å². The van der Waals surface area contributed by atoms with Crippen molar-refractivity contribution in [3.63, 3.8) is 0 Å². The fourth-order valence-electron chi connectivity index (χ4n) is 3.28. The third kappa shape index (κ3) is 6.17. The van der Waals surface area contributed by atoms with Crippen LogP contribution in [0.1, 0.15) is 31.1 Å². The number of imidazole rings is 1. The maximum absolute atomic E-state index is 14.0. The lowest BCUT2D eigenvalue weighted by Crippen LogP contribution is -2.40. The van der Waals surface area contributed by atoms with Crippen molar-refractivity contribution in [2.24, 2.45) is 5.73 Å². The fourth-order valence-corrected chi connectivity index (χ4v) is 4.74. The molecule has 0 aliphatic heterocycles. The lowest BCUT2D eigenvalue weighted by molar-refractivity contribution is 0.0697. The number of sulfonamides is 1. The number of benzene rings is 2. The molecular formula is C22H26ClFN4O4S. The first-order valence-electron chi connectivity index (χ1n) is 9.82. The third-order valence-corrected chi connectivity index (χ3v) is 6.28. The van der Waals surface area contributed by atoms with Gasteiger partial charge in [0.05, 0.1) is 34.4 Å². The molecule has 33 heavy (non-hydrogen) atoms. The second-order valence-corrected chi connectivity index (χ2v) is 10.0. The molecule has 0 unspecified atom stereocenters. The van der Waals surface area contributed by atoms with E-state index in [1.165, 1.54) is 41.2 Å². The van der Waals surface area contributed by atoms with Crippen LogP contribution in [-0.4, -0.2) is 41.1 Å². The van der Waals surface area contributed by atoms with Crippen molar-refractivity contribution in [3.8, 4) is 11.1 Å². The topological polar surface area (TPSA) is 127 Å². The van der Waals surface area contributed by atoms with Gasteiger partial charge >= 0.3 is 5.97 Å². The minimum absolute atomic E-state index is 0. The van der Waals surface area contributed by atoms with Crippen LogP contribution >= 0.6 is 12.4 Å². The van der Waals surface area contributed by atoms with Crippen LogP contribution < -0.4 is 10.5 Å². The summed E-state index contributed by atoms with van der Waals surface area (Å²) in [5.41, 5.74) is 6.37. The van der Waals surface area contributed by atoms with Gasteiger partial charge in [-0.2, -0.15) is 0 Å². The normalized spacial score (nSPS) is 12.6. The highest BCUT2D eigenvalue weighted by atomic mass is 35.5. The quantitative estimate of drug-likeness (QED) is 0.457. The van der Waals surface area contributed by atoms with Crippen molar-refractivity contribution >= 4 is 39.4 Å². The van der Waals surface area contributed by atoms with E-state index in [4.69, 9.17) is 5.73 Å². The molecule has 3 rings (SSSR count). The molecule has 0 amide bonds. The fraction of sp³-hybridized carbons (Fsp3) is 0.273. The highest BCUT2D eigenvalue weighted by Gasteiger charge is 2.23. The average Bonchev–Trinajstić information content (AvgIpc) is 3.08. The monoisotopic (exact) mass is 496 g/mol. The van der Waals surface area contributed by atoms with Crippen LogP contribution in [0, 0.1) is 0 Å². The van der Waals surface area contributed by atoms with E-state index >= 15 is 0 Å². The van der Waals surface area contributed by atoms with E-state index in [9.17, 15) is 22.7 Å². The molecule has 4 N–H and O–H groups in total. The predicted molar refractivity (Wildman–Crippen MR) is 128 cm³/mol. The van der Waals surface area contributed by atoms with Crippen molar-refractivity contribution in [2.45, 2.75) is 37.8 Å². The zero-order valence-corrected chi connectivity index (χ0v) is 20.0. The number of fused-ring (bicyclic) bond motifs is 1. The van der Waals surface area contributed by atoms with E-state index in [0.717, 1.165) is 0 Å². The number of nitrogens with zero attached hydrogens (tertiary/aromatic N) is 2. The zero-order chi connectivity index (χ0) is 23.7. The number of allylic oxidation sites excluding steroid dienone is 1. The Bertz CT molecular complexity index is 1310. The van der Waals surface area contributed by atoms with Crippen molar-refractivity contribution in [1.29, 1.82) is 0 Å². The summed E-state index contributed by atoms with van der Waals surface area (Å²) in [5.74, 6) is -1.65. The van der Waals surface area contributed by atoms with E-state index in [1.807, 2.05) is 0 Å². The third-order valence-electron chi connectivity index (χ3n) is 4.53. The number of carbonyl (C=O) groups is 1. The molecule has 3 aromatic rings. The number of nitrogens with one attached hydrogen (secondary N) is 1. The number of aromatic carboxylic acids is 1. The smallest absolute Gasteiger partial charge is 0.335 e. The van der Waals surface area contributed by atoms with Gasteiger partial charge in [-0.1, -0.05) is 12.1 Å². The molecule has 8 nitrogen and oxygen atoms in total. The van der Waals surface area contributed by atoms with Gasteiger partial charge in [0, 0.05) is 17.6 Å². The number of hydrogen-bond donors (Lipinski definition) is 3. The Labute approximate surface area is 197 Å². The maximum Gasteiger partial charge on any atom is 0.335 e. The number of nitrogens with two attached hydrogens (primary N) is 1. The average molecular weight is 497 g/mol. The van der Waals surface area contributed by atoms with Crippen molar-refractivity contribution in [3.05, 3.63) is 60.2 Å². The molecular weight excluding hydrogens is 471 g/mol. The van der Waals surface area contributed by atoms with Crippen LogP contribution in [0.15, 0.2) is 59.5 Å². The number of carboxylic acids is 1. The number of hydrogen-bond acceptors (Lipinski definition) is 5. The summed E-state index contributed by atoms with van der Waals surface area (Å²) >= 11 is 0. The molecule has 2 aromatic carbocycles. The Kier molecular flexibility index (Phi) is 8.02. The molecule has 0 bridgehead atoms. The van der Waals surface area contributed by atoms with Crippen LogP contribution in [0.25, 0.3) is 22.2 Å². The minimum Gasteiger partial charge on any atom is -0.478 e. The van der Waals surface area contributed by atoms with Crippen LogP contribution in [0.5, 0.6) is 0 Å². The number of rotatable bonds is 7. The molecule has 11 heteroatoms. The first-order valence-corrected chi connectivity index (χ1v) is 11.3. The number of carboxylic acid groups (broad SMARTS) is 1. The lowest BCUT2D eigenvalue weighted by Gasteiger charge is -2.20. The van der Waals surface area contributed by atoms with Crippen LogP contribution in [0.3, 0.4) is 0 Å². The SMILES string of the molecule is CC(C)(C)NS(=O)(=O)c1cccc(-c2cc(C(=O)O)cc3c2ncn3CC(F)=CCN)c1.Cl. The van der Waals surface area contributed by atoms with Crippen molar-refractivity contribution < 1.29 is 22.7 Å². The second-order valence-electron chi connectivity index (χ2n) is 8.34. The summed E-state index contributed by atoms with van der Waals surface area (Å²) in [6.07, 6.45) is 2.63. The highest BCUT2D eigenvalue weighted by Crippen LogP contribution is 2.31. The van der Waals surface area contributed by atoms with Gasteiger partial charge in [-0.3, -0.25) is 0 Å². The summed E-state index contributed by atoms with van der Waals surface area (Å²) in [7, 11) is -3.81. The summed E-state index contributed by atoms with van der Waals surface area (Å²) in [4.78, 5) is 16.1. The molecule has 1 heterocycles. The molecule has 1 aromatic heterocycles. The van der Waals surface area contributed by atoms with Gasteiger partial charge in [-0.25, -0.2) is 27.3 Å². The lowest BCUT2D eigenvalue weighted by atomic mass is 10.0. The van der Waals surface area contributed by atoms with Gasteiger partial charge in [0.25, 0.3) is 0 Å². The second kappa shape index (κ2) is 10.0. The molecule has 0 spiro atoms. The van der Waals surface area contributed by atoms with E-state index < -0.39 is 27.4 Å². The predicted octanol–water partition coefficient (Wildman–Crippen LogP) is 3.71. The first kappa shape index (κ1) is 26.5.